The second kappa shape index (κ2) is 3.09. The molecule has 1 atom stereocenters. The van der Waals surface area contributed by atoms with Crippen molar-refractivity contribution in [2.24, 2.45) is 11.5 Å². The van der Waals surface area contributed by atoms with E-state index < -0.39 is 12.0 Å². The molecular weight excluding hydrogens is 120 g/mol. The van der Waals surface area contributed by atoms with Crippen LogP contribution in [0.1, 0.15) is 6.42 Å². The van der Waals surface area contributed by atoms with Gasteiger partial charge in [0.1, 0.15) is 0 Å². The Hall–Kier alpha value is -1.03. The molecule has 4 nitrogen and oxygen atoms in total. The van der Waals surface area contributed by atoms with Gasteiger partial charge in [-0.1, -0.05) is 6.58 Å². The second-order valence-corrected chi connectivity index (χ2v) is 1.78. The van der Waals surface area contributed by atoms with Crippen molar-refractivity contribution in [3.63, 3.8) is 0 Å². The number of carboxylic acid groups (broad SMARTS) is 1. The molecular formula is C5H10N2O2. The van der Waals surface area contributed by atoms with E-state index in [1.165, 1.54) is 0 Å². The first-order valence-corrected chi connectivity index (χ1v) is 2.45. The van der Waals surface area contributed by atoms with E-state index in [-0.39, 0.29) is 12.1 Å². The van der Waals surface area contributed by atoms with Crippen molar-refractivity contribution in [1.82, 2.24) is 0 Å². The summed E-state index contributed by atoms with van der Waals surface area (Å²) in [5.74, 6) is -0.964. The minimum absolute atomic E-state index is 0.157. The number of hydrogen-bond donors (Lipinski definition) is 3. The Labute approximate surface area is 53.1 Å². The van der Waals surface area contributed by atoms with Crippen LogP contribution >= 0.6 is 0 Å². The summed E-state index contributed by atoms with van der Waals surface area (Å²) in [6.07, 6.45) is -0.157. The summed E-state index contributed by atoms with van der Waals surface area (Å²) in [6.45, 7) is 3.30. The molecule has 0 fully saturated rings. The molecule has 0 bridgehead atoms. The van der Waals surface area contributed by atoms with Gasteiger partial charge in [-0.3, -0.25) is 4.79 Å². The van der Waals surface area contributed by atoms with Crippen molar-refractivity contribution in [2.75, 3.05) is 0 Å². The number of aliphatic carboxylic acids is 1. The minimum atomic E-state index is -0.964. The monoisotopic (exact) mass is 130 g/mol. The fourth-order valence-corrected chi connectivity index (χ4v) is 0.319. The van der Waals surface area contributed by atoms with Crippen LogP contribution < -0.4 is 11.5 Å². The lowest BCUT2D eigenvalue weighted by Gasteiger charge is -2.05. The lowest BCUT2D eigenvalue weighted by Crippen LogP contribution is -2.29. The van der Waals surface area contributed by atoms with E-state index in [4.69, 9.17) is 16.6 Å². The third-order valence-electron chi connectivity index (χ3n) is 0.871. The van der Waals surface area contributed by atoms with Gasteiger partial charge >= 0.3 is 5.97 Å². The van der Waals surface area contributed by atoms with Crippen molar-refractivity contribution < 1.29 is 9.90 Å². The third-order valence-corrected chi connectivity index (χ3v) is 0.871. The summed E-state index contributed by atoms with van der Waals surface area (Å²) < 4.78 is 0. The predicted molar refractivity (Wildman–Crippen MR) is 33.6 cm³/mol. The maximum absolute atomic E-state index is 9.94. The molecule has 0 saturated heterocycles. The van der Waals surface area contributed by atoms with Gasteiger partial charge in [0.15, 0.2) is 0 Å². The van der Waals surface area contributed by atoms with Crippen LogP contribution in [0.3, 0.4) is 0 Å². The van der Waals surface area contributed by atoms with Gasteiger partial charge in [-0.05, 0) is 0 Å². The van der Waals surface area contributed by atoms with E-state index in [0.717, 1.165) is 0 Å². The van der Waals surface area contributed by atoms with Gasteiger partial charge in [0.05, 0.1) is 12.5 Å². The smallest absolute Gasteiger partial charge is 0.305 e. The highest BCUT2D eigenvalue weighted by molar-refractivity contribution is 5.68. The molecule has 52 valence electrons. The topological polar surface area (TPSA) is 89.3 Å². The SMILES string of the molecule is C=C(N)[C@@H](N)CC(=O)O. The highest BCUT2D eigenvalue weighted by atomic mass is 16.4. The fourth-order valence-electron chi connectivity index (χ4n) is 0.319. The summed E-state index contributed by atoms with van der Waals surface area (Å²) in [4.78, 5) is 9.94. The molecule has 0 amide bonds. The predicted octanol–water partition coefficient (Wildman–Crippen LogP) is -0.739. The van der Waals surface area contributed by atoms with Crippen LogP contribution in [0, 0.1) is 0 Å². The molecule has 0 aromatic rings. The quantitative estimate of drug-likeness (QED) is 0.469. The van der Waals surface area contributed by atoms with E-state index in [1.54, 1.807) is 0 Å². The van der Waals surface area contributed by atoms with Crippen molar-refractivity contribution in [3.8, 4) is 0 Å². The number of hydrogen-bond acceptors (Lipinski definition) is 3. The van der Waals surface area contributed by atoms with Gasteiger partial charge in [-0.25, -0.2) is 0 Å². The summed E-state index contributed by atoms with van der Waals surface area (Å²) in [6, 6.07) is -0.623. The van der Waals surface area contributed by atoms with Crippen LogP contribution in [0.25, 0.3) is 0 Å². The molecule has 0 unspecified atom stereocenters. The molecule has 0 aliphatic heterocycles. The highest BCUT2D eigenvalue weighted by Gasteiger charge is 2.07. The van der Waals surface area contributed by atoms with E-state index in [2.05, 4.69) is 6.58 Å². The van der Waals surface area contributed by atoms with Gasteiger partial charge in [0.25, 0.3) is 0 Å². The van der Waals surface area contributed by atoms with Gasteiger partial charge in [-0.15, -0.1) is 0 Å². The van der Waals surface area contributed by atoms with Crippen molar-refractivity contribution in [3.05, 3.63) is 12.3 Å². The van der Waals surface area contributed by atoms with Crippen molar-refractivity contribution >= 4 is 5.97 Å². The van der Waals surface area contributed by atoms with Crippen LogP contribution in [0.4, 0.5) is 0 Å². The van der Waals surface area contributed by atoms with E-state index >= 15 is 0 Å². The zero-order valence-electron chi connectivity index (χ0n) is 5.00. The Morgan fingerprint density at radius 3 is 2.33 bits per heavy atom. The van der Waals surface area contributed by atoms with Crippen molar-refractivity contribution in [1.29, 1.82) is 0 Å². The van der Waals surface area contributed by atoms with Crippen LogP contribution in [-0.4, -0.2) is 17.1 Å². The van der Waals surface area contributed by atoms with Crippen LogP contribution in [0.15, 0.2) is 12.3 Å². The lowest BCUT2D eigenvalue weighted by molar-refractivity contribution is -0.137. The van der Waals surface area contributed by atoms with Crippen LogP contribution in [-0.2, 0) is 4.79 Å². The van der Waals surface area contributed by atoms with Gasteiger partial charge in [-0.2, -0.15) is 0 Å². The van der Waals surface area contributed by atoms with Gasteiger partial charge < -0.3 is 16.6 Å². The maximum Gasteiger partial charge on any atom is 0.305 e. The number of rotatable bonds is 3. The Kier molecular flexibility index (Phi) is 2.73. The summed E-state index contributed by atoms with van der Waals surface area (Å²) in [7, 11) is 0. The fraction of sp³-hybridized carbons (Fsp3) is 0.400. The molecule has 5 N–H and O–H groups in total. The largest absolute Gasteiger partial charge is 0.481 e. The van der Waals surface area contributed by atoms with Gasteiger partial charge in [0, 0.05) is 5.70 Å². The van der Waals surface area contributed by atoms with Crippen LogP contribution in [0.2, 0.25) is 0 Å². The molecule has 0 aromatic heterocycles. The zero-order valence-corrected chi connectivity index (χ0v) is 5.00. The lowest BCUT2D eigenvalue weighted by atomic mass is 10.2. The standard InChI is InChI=1S/C5H10N2O2/c1-3(6)4(7)2-5(8)9/h4H,1-2,6-7H2,(H,8,9)/t4-/m0/s1. The van der Waals surface area contributed by atoms with E-state index in [0.29, 0.717) is 0 Å². The first-order valence-electron chi connectivity index (χ1n) is 2.45. The molecule has 4 heteroatoms. The molecule has 0 spiro atoms. The van der Waals surface area contributed by atoms with E-state index in [1.807, 2.05) is 0 Å². The molecule has 0 heterocycles. The third kappa shape index (κ3) is 3.54. The molecule has 0 radical (unpaired) electrons. The Balaban J connectivity index is 3.63. The second-order valence-electron chi connectivity index (χ2n) is 1.78. The Bertz CT molecular complexity index is 133. The summed E-state index contributed by atoms with van der Waals surface area (Å²) in [5.41, 5.74) is 10.5. The maximum atomic E-state index is 9.94. The zero-order chi connectivity index (χ0) is 7.44. The average Bonchev–Trinajstić information content (AvgIpc) is 1.63. The highest BCUT2D eigenvalue weighted by Crippen LogP contribution is 1.92. The van der Waals surface area contributed by atoms with Crippen molar-refractivity contribution in [2.45, 2.75) is 12.5 Å². The normalized spacial score (nSPS) is 12.6. The minimum Gasteiger partial charge on any atom is -0.481 e. The molecule has 0 saturated carbocycles. The Morgan fingerprint density at radius 1 is 1.78 bits per heavy atom. The first-order chi connectivity index (χ1) is 4.04. The number of nitrogens with two attached hydrogens (primary N) is 2. The van der Waals surface area contributed by atoms with Crippen LogP contribution in [0.5, 0.6) is 0 Å². The summed E-state index contributed by atoms with van der Waals surface area (Å²) in [5, 5.41) is 8.16. The molecule has 9 heavy (non-hydrogen) atoms. The number of carboxylic acids is 1. The molecule has 0 aliphatic rings. The molecule has 0 rings (SSSR count). The first kappa shape index (κ1) is 7.97. The Morgan fingerprint density at radius 2 is 2.22 bits per heavy atom. The number of carbonyl (C=O) groups is 1. The van der Waals surface area contributed by atoms with E-state index in [9.17, 15) is 4.79 Å². The molecule has 0 aliphatic carbocycles. The molecule has 0 aromatic carbocycles. The average molecular weight is 130 g/mol. The summed E-state index contributed by atoms with van der Waals surface area (Å²) >= 11 is 0. The van der Waals surface area contributed by atoms with Gasteiger partial charge in [0.2, 0.25) is 0 Å².